The van der Waals surface area contributed by atoms with Crippen molar-refractivity contribution in [3.05, 3.63) is 36.0 Å². The predicted octanol–water partition coefficient (Wildman–Crippen LogP) is 1.03. The number of aryl methyl sites for hydroxylation is 1. The van der Waals surface area contributed by atoms with E-state index in [1.807, 2.05) is 24.3 Å². The number of benzene rings is 1. The molecule has 108 valence electrons. The Morgan fingerprint density at radius 1 is 1.38 bits per heavy atom. The first kappa shape index (κ1) is 13.2. The summed E-state index contributed by atoms with van der Waals surface area (Å²) in [6.45, 7) is 0.619. The molecular formula is C14H14N4O3. The summed E-state index contributed by atoms with van der Waals surface area (Å²) in [5.74, 6) is -1.06. The SMILES string of the molecule is Cn1nc(C(=O)O)cc1-c1cccc(N2CCC(=O)N2)c1. The summed E-state index contributed by atoms with van der Waals surface area (Å²) in [5, 5.41) is 14.7. The van der Waals surface area contributed by atoms with Gasteiger partial charge in [-0.2, -0.15) is 5.10 Å². The van der Waals surface area contributed by atoms with Gasteiger partial charge in [0.05, 0.1) is 11.4 Å². The fourth-order valence-corrected chi connectivity index (χ4v) is 2.34. The molecule has 1 fully saturated rings. The topological polar surface area (TPSA) is 87.5 Å². The van der Waals surface area contributed by atoms with Crippen LogP contribution >= 0.6 is 0 Å². The van der Waals surface area contributed by atoms with Crippen molar-refractivity contribution in [1.82, 2.24) is 15.2 Å². The van der Waals surface area contributed by atoms with Crippen LogP contribution in [0.3, 0.4) is 0 Å². The molecule has 1 aliphatic rings. The molecule has 0 atom stereocenters. The third-order valence-corrected chi connectivity index (χ3v) is 3.37. The van der Waals surface area contributed by atoms with E-state index in [4.69, 9.17) is 5.11 Å². The number of anilines is 1. The summed E-state index contributed by atoms with van der Waals surface area (Å²) in [6.07, 6.45) is 0.471. The molecule has 7 heteroatoms. The summed E-state index contributed by atoms with van der Waals surface area (Å²) in [7, 11) is 1.70. The van der Waals surface area contributed by atoms with Gasteiger partial charge in [0.1, 0.15) is 0 Å². The Morgan fingerprint density at radius 3 is 2.81 bits per heavy atom. The molecule has 3 rings (SSSR count). The van der Waals surface area contributed by atoms with Crippen molar-refractivity contribution in [3.63, 3.8) is 0 Å². The molecule has 2 N–H and O–H groups in total. The number of aromatic nitrogens is 2. The number of amides is 1. The van der Waals surface area contributed by atoms with Crippen LogP contribution in [0.5, 0.6) is 0 Å². The second-order valence-corrected chi connectivity index (χ2v) is 4.83. The van der Waals surface area contributed by atoms with E-state index in [-0.39, 0.29) is 11.6 Å². The third kappa shape index (κ3) is 2.45. The van der Waals surface area contributed by atoms with Crippen LogP contribution in [0.4, 0.5) is 5.69 Å². The van der Waals surface area contributed by atoms with Crippen LogP contribution < -0.4 is 10.4 Å². The summed E-state index contributed by atoms with van der Waals surface area (Å²) in [5.41, 5.74) is 5.18. The first-order chi connectivity index (χ1) is 10.0. The van der Waals surface area contributed by atoms with Crippen molar-refractivity contribution in [2.45, 2.75) is 6.42 Å². The van der Waals surface area contributed by atoms with Crippen LogP contribution in [0.2, 0.25) is 0 Å². The lowest BCUT2D eigenvalue weighted by Gasteiger charge is -2.18. The Bertz CT molecular complexity index is 723. The number of carboxylic acid groups (broad SMARTS) is 1. The van der Waals surface area contributed by atoms with Gasteiger partial charge in [-0.15, -0.1) is 0 Å². The van der Waals surface area contributed by atoms with E-state index in [0.717, 1.165) is 11.3 Å². The highest BCUT2D eigenvalue weighted by atomic mass is 16.4. The average Bonchev–Trinajstić information content (AvgIpc) is 3.05. The Kier molecular flexibility index (Phi) is 3.09. The molecule has 0 radical (unpaired) electrons. The smallest absolute Gasteiger partial charge is 0.356 e. The number of carbonyl (C=O) groups is 2. The van der Waals surface area contributed by atoms with Crippen molar-refractivity contribution in [1.29, 1.82) is 0 Å². The van der Waals surface area contributed by atoms with E-state index < -0.39 is 5.97 Å². The molecule has 1 aromatic carbocycles. The number of rotatable bonds is 3. The second-order valence-electron chi connectivity index (χ2n) is 4.83. The lowest BCUT2D eigenvalue weighted by Crippen LogP contribution is -2.32. The van der Waals surface area contributed by atoms with Gasteiger partial charge in [0.2, 0.25) is 5.91 Å². The number of hydrazine groups is 1. The third-order valence-electron chi connectivity index (χ3n) is 3.37. The highest BCUT2D eigenvalue weighted by Crippen LogP contribution is 2.25. The van der Waals surface area contributed by atoms with Crippen molar-refractivity contribution in [2.75, 3.05) is 11.6 Å². The fraction of sp³-hybridized carbons (Fsp3) is 0.214. The summed E-state index contributed by atoms with van der Waals surface area (Å²) in [6, 6.07) is 9.06. The van der Waals surface area contributed by atoms with Crippen LogP contribution in [0.1, 0.15) is 16.9 Å². The van der Waals surface area contributed by atoms with Crippen LogP contribution in [0.25, 0.3) is 11.3 Å². The predicted molar refractivity (Wildman–Crippen MR) is 75.7 cm³/mol. The second kappa shape index (κ2) is 4.93. The van der Waals surface area contributed by atoms with E-state index in [1.54, 1.807) is 12.1 Å². The van der Waals surface area contributed by atoms with Gasteiger partial charge in [0.25, 0.3) is 0 Å². The van der Waals surface area contributed by atoms with Gasteiger partial charge in [0, 0.05) is 25.6 Å². The van der Waals surface area contributed by atoms with Gasteiger partial charge < -0.3 is 5.11 Å². The van der Waals surface area contributed by atoms with Crippen molar-refractivity contribution in [2.24, 2.45) is 7.05 Å². The van der Waals surface area contributed by atoms with Gasteiger partial charge >= 0.3 is 5.97 Å². The molecule has 1 saturated heterocycles. The molecule has 2 aromatic rings. The molecule has 0 bridgehead atoms. The maximum absolute atomic E-state index is 11.3. The Hall–Kier alpha value is -2.83. The fourth-order valence-electron chi connectivity index (χ4n) is 2.34. The minimum Gasteiger partial charge on any atom is -0.476 e. The van der Waals surface area contributed by atoms with E-state index in [9.17, 15) is 9.59 Å². The number of hydrogen-bond donors (Lipinski definition) is 2. The molecule has 0 spiro atoms. The zero-order chi connectivity index (χ0) is 15.0. The first-order valence-corrected chi connectivity index (χ1v) is 6.49. The van der Waals surface area contributed by atoms with Crippen LogP contribution in [-0.4, -0.2) is 33.3 Å². The normalized spacial score (nSPS) is 14.3. The zero-order valence-corrected chi connectivity index (χ0v) is 11.4. The standard InChI is InChI=1S/C14H14N4O3/c1-17-12(8-11(15-17)14(20)21)9-3-2-4-10(7-9)18-6-5-13(19)16-18/h2-4,7-8H,5-6H2,1H3,(H,16,19)(H,20,21). The van der Waals surface area contributed by atoms with E-state index in [2.05, 4.69) is 10.5 Å². The van der Waals surface area contributed by atoms with Crippen molar-refractivity contribution in [3.8, 4) is 11.3 Å². The molecule has 1 aromatic heterocycles. The lowest BCUT2D eigenvalue weighted by atomic mass is 10.1. The first-order valence-electron chi connectivity index (χ1n) is 6.49. The van der Waals surface area contributed by atoms with Crippen LogP contribution in [-0.2, 0) is 11.8 Å². The van der Waals surface area contributed by atoms with E-state index >= 15 is 0 Å². The highest BCUT2D eigenvalue weighted by molar-refractivity contribution is 5.87. The summed E-state index contributed by atoms with van der Waals surface area (Å²) < 4.78 is 1.53. The summed E-state index contributed by atoms with van der Waals surface area (Å²) in [4.78, 5) is 22.3. The number of nitrogens with one attached hydrogen (secondary N) is 1. The zero-order valence-electron chi connectivity index (χ0n) is 11.4. The number of carbonyl (C=O) groups excluding carboxylic acids is 1. The highest BCUT2D eigenvalue weighted by Gasteiger charge is 2.19. The van der Waals surface area contributed by atoms with Gasteiger partial charge in [-0.25, -0.2) is 4.79 Å². The number of hydrogen-bond acceptors (Lipinski definition) is 4. The molecule has 0 saturated carbocycles. The number of carboxylic acids is 1. The van der Waals surface area contributed by atoms with Gasteiger partial charge in [-0.1, -0.05) is 12.1 Å². The Morgan fingerprint density at radius 2 is 2.19 bits per heavy atom. The number of nitrogens with zero attached hydrogens (tertiary/aromatic N) is 3. The average molecular weight is 286 g/mol. The van der Waals surface area contributed by atoms with Gasteiger partial charge in [-0.05, 0) is 18.2 Å². The van der Waals surface area contributed by atoms with E-state index in [1.165, 1.54) is 10.7 Å². The maximum atomic E-state index is 11.3. The molecule has 0 aliphatic carbocycles. The molecular weight excluding hydrogens is 272 g/mol. The summed E-state index contributed by atoms with van der Waals surface area (Å²) >= 11 is 0. The van der Waals surface area contributed by atoms with Gasteiger partial charge in [-0.3, -0.25) is 19.9 Å². The molecule has 0 unspecified atom stereocenters. The van der Waals surface area contributed by atoms with Gasteiger partial charge in [0.15, 0.2) is 5.69 Å². The molecule has 2 heterocycles. The Labute approximate surface area is 120 Å². The number of aromatic carboxylic acids is 1. The quantitative estimate of drug-likeness (QED) is 0.879. The minimum absolute atomic E-state index is 0.00546. The van der Waals surface area contributed by atoms with Crippen molar-refractivity contribution >= 4 is 17.6 Å². The molecule has 1 amide bonds. The van der Waals surface area contributed by atoms with Crippen LogP contribution in [0.15, 0.2) is 30.3 Å². The van der Waals surface area contributed by atoms with Crippen LogP contribution in [0, 0.1) is 0 Å². The Balaban J connectivity index is 1.96. The maximum Gasteiger partial charge on any atom is 0.356 e. The largest absolute Gasteiger partial charge is 0.476 e. The molecule has 7 nitrogen and oxygen atoms in total. The lowest BCUT2D eigenvalue weighted by molar-refractivity contribution is -0.119. The van der Waals surface area contributed by atoms with Crippen molar-refractivity contribution < 1.29 is 14.7 Å². The molecule has 1 aliphatic heterocycles. The van der Waals surface area contributed by atoms with E-state index in [0.29, 0.717) is 18.7 Å². The molecule has 21 heavy (non-hydrogen) atoms. The minimum atomic E-state index is -1.06. The monoisotopic (exact) mass is 286 g/mol.